The summed E-state index contributed by atoms with van der Waals surface area (Å²) < 4.78 is 0. The van der Waals surface area contributed by atoms with Gasteiger partial charge in [-0.25, -0.2) is 4.79 Å². The van der Waals surface area contributed by atoms with Gasteiger partial charge in [0.25, 0.3) is 0 Å². The van der Waals surface area contributed by atoms with Gasteiger partial charge in [0.2, 0.25) is 5.91 Å². The van der Waals surface area contributed by atoms with Crippen LogP contribution in [0.15, 0.2) is 24.3 Å². The molecule has 1 unspecified atom stereocenters. The van der Waals surface area contributed by atoms with E-state index in [2.05, 4.69) is 17.3 Å². The molecule has 7 heteroatoms. The number of halogens is 1. The lowest BCUT2D eigenvalue weighted by Crippen LogP contribution is -2.52. The molecule has 1 atom stereocenters. The quantitative estimate of drug-likeness (QED) is 0.888. The number of piperazine rings is 1. The van der Waals surface area contributed by atoms with Gasteiger partial charge in [0.1, 0.15) is 0 Å². The Kier molecular flexibility index (Phi) is 4.73. The van der Waals surface area contributed by atoms with Crippen LogP contribution in [0.2, 0.25) is 5.02 Å². The summed E-state index contributed by atoms with van der Waals surface area (Å²) >= 11 is 5.88. The van der Waals surface area contributed by atoms with Crippen molar-refractivity contribution in [3.05, 3.63) is 29.3 Å². The van der Waals surface area contributed by atoms with Gasteiger partial charge in [0.15, 0.2) is 0 Å². The highest BCUT2D eigenvalue weighted by Crippen LogP contribution is 2.23. The Balaban J connectivity index is 1.57. The van der Waals surface area contributed by atoms with Crippen molar-refractivity contribution in [3.8, 4) is 0 Å². The Hall–Kier alpha value is -1.79. The molecule has 2 saturated heterocycles. The van der Waals surface area contributed by atoms with E-state index in [1.54, 1.807) is 17.0 Å². The molecule has 3 rings (SSSR count). The fourth-order valence-corrected chi connectivity index (χ4v) is 3.08. The molecule has 124 valence electrons. The number of anilines is 1. The maximum absolute atomic E-state index is 12.3. The molecule has 1 aromatic carbocycles. The average Bonchev–Trinajstić information content (AvgIpc) is 2.89. The van der Waals surface area contributed by atoms with Gasteiger partial charge in [0, 0.05) is 49.9 Å². The van der Waals surface area contributed by atoms with Gasteiger partial charge in [-0.15, -0.1) is 0 Å². The predicted octanol–water partition coefficient (Wildman–Crippen LogP) is 1.40. The van der Waals surface area contributed by atoms with Crippen molar-refractivity contribution in [2.45, 2.75) is 12.5 Å². The zero-order valence-electron chi connectivity index (χ0n) is 13.2. The van der Waals surface area contributed by atoms with Gasteiger partial charge in [-0.2, -0.15) is 0 Å². The Morgan fingerprint density at radius 3 is 2.48 bits per heavy atom. The minimum Gasteiger partial charge on any atom is -0.333 e. The van der Waals surface area contributed by atoms with Gasteiger partial charge >= 0.3 is 6.03 Å². The summed E-state index contributed by atoms with van der Waals surface area (Å²) in [5.74, 6) is 0.0241. The molecule has 2 aliphatic heterocycles. The summed E-state index contributed by atoms with van der Waals surface area (Å²) in [7, 11) is 2.05. The fraction of sp³-hybridized carbons (Fsp3) is 0.500. The van der Waals surface area contributed by atoms with Crippen molar-refractivity contribution >= 4 is 29.2 Å². The number of benzene rings is 1. The second-order valence-electron chi connectivity index (χ2n) is 6.12. The van der Waals surface area contributed by atoms with E-state index < -0.39 is 0 Å². The van der Waals surface area contributed by atoms with Crippen LogP contribution in [-0.2, 0) is 4.79 Å². The molecule has 0 saturated carbocycles. The lowest BCUT2D eigenvalue weighted by Gasteiger charge is -2.33. The molecule has 0 bridgehead atoms. The topological polar surface area (TPSA) is 55.9 Å². The van der Waals surface area contributed by atoms with Crippen molar-refractivity contribution in [1.29, 1.82) is 0 Å². The average molecular weight is 337 g/mol. The normalized spacial score (nSPS) is 22.5. The number of carbonyl (C=O) groups is 2. The van der Waals surface area contributed by atoms with Crippen LogP contribution in [0, 0.1) is 0 Å². The van der Waals surface area contributed by atoms with Crippen LogP contribution in [-0.4, -0.2) is 67.6 Å². The van der Waals surface area contributed by atoms with E-state index in [1.807, 2.05) is 17.0 Å². The first kappa shape index (κ1) is 16.1. The summed E-state index contributed by atoms with van der Waals surface area (Å²) in [5, 5.41) is 3.62. The SMILES string of the molecule is CN1CCN(C(=O)NC2CC(=O)N(c3ccc(Cl)cc3)C2)CC1. The summed E-state index contributed by atoms with van der Waals surface area (Å²) in [6, 6.07) is 6.95. The third-order valence-electron chi connectivity index (χ3n) is 4.38. The summed E-state index contributed by atoms with van der Waals surface area (Å²) in [4.78, 5) is 30.2. The highest BCUT2D eigenvalue weighted by Gasteiger charge is 2.32. The number of nitrogens with one attached hydrogen (secondary N) is 1. The van der Waals surface area contributed by atoms with E-state index in [1.165, 1.54) is 0 Å². The molecule has 0 aliphatic carbocycles. The maximum atomic E-state index is 12.3. The summed E-state index contributed by atoms with van der Waals surface area (Å²) in [6.45, 7) is 3.72. The Labute approximate surface area is 141 Å². The second kappa shape index (κ2) is 6.76. The van der Waals surface area contributed by atoms with E-state index in [4.69, 9.17) is 11.6 Å². The van der Waals surface area contributed by atoms with Gasteiger partial charge < -0.3 is 20.0 Å². The van der Waals surface area contributed by atoms with Crippen molar-refractivity contribution in [1.82, 2.24) is 15.1 Å². The third-order valence-corrected chi connectivity index (χ3v) is 4.63. The Bertz CT molecular complexity index is 584. The first-order valence-corrected chi connectivity index (χ1v) is 8.20. The molecule has 2 fully saturated rings. The molecule has 1 aromatic rings. The van der Waals surface area contributed by atoms with E-state index in [0.29, 0.717) is 18.0 Å². The molecule has 3 amide bonds. The highest BCUT2D eigenvalue weighted by atomic mass is 35.5. The molecule has 0 aromatic heterocycles. The number of amides is 3. The largest absolute Gasteiger partial charge is 0.333 e. The highest BCUT2D eigenvalue weighted by molar-refractivity contribution is 6.30. The number of hydrogen-bond acceptors (Lipinski definition) is 3. The number of carbonyl (C=O) groups excluding carboxylic acids is 2. The molecule has 23 heavy (non-hydrogen) atoms. The standard InChI is InChI=1S/C16H21ClN4O2/c1-19-6-8-20(9-7-19)16(23)18-13-10-15(22)21(11-13)14-4-2-12(17)3-5-14/h2-5,13H,6-11H2,1H3,(H,18,23). The summed E-state index contributed by atoms with van der Waals surface area (Å²) in [6.07, 6.45) is 0.335. The Morgan fingerprint density at radius 2 is 1.83 bits per heavy atom. The van der Waals surface area contributed by atoms with Crippen LogP contribution in [0.1, 0.15) is 6.42 Å². The van der Waals surface area contributed by atoms with E-state index in [-0.39, 0.29) is 18.0 Å². The molecule has 0 radical (unpaired) electrons. The van der Waals surface area contributed by atoms with Crippen molar-refractivity contribution in [3.63, 3.8) is 0 Å². The van der Waals surface area contributed by atoms with Gasteiger partial charge in [-0.05, 0) is 31.3 Å². The number of likely N-dealkylation sites (N-methyl/N-ethyl adjacent to an activating group) is 1. The minimum atomic E-state index is -0.148. The first-order valence-electron chi connectivity index (χ1n) is 7.83. The van der Waals surface area contributed by atoms with E-state index >= 15 is 0 Å². The van der Waals surface area contributed by atoms with E-state index in [0.717, 1.165) is 31.9 Å². The summed E-state index contributed by atoms with van der Waals surface area (Å²) in [5.41, 5.74) is 0.816. The van der Waals surface area contributed by atoms with Gasteiger partial charge in [-0.3, -0.25) is 4.79 Å². The van der Waals surface area contributed by atoms with Crippen LogP contribution in [0.5, 0.6) is 0 Å². The third kappa shape index (κ3) is 3.76. The zero-order valence-corrected chi connectivity index (χ0v) is 13.9. The number of nitrogens with zero attached hydrogens (tertiary/aromatic N) is 3. The Morgan fingerprint density at radius 1 is 1.17 bits per heavy atom. The lowest BCUT2D eigenvalue weighted by atomic mass is 10.2. The number of urea groups is 1. The van der Waals surface area contributed by atoms with Crippen LogP contribution in [0.3, 0.4) is 0 Å². The fourth-order valence-electron chi connectivity index (χ4n) is 2.95. The van der Waals surface area contributed by atoms with Gasteiger partial charge in [0.05, 0.1) is 6.04 Å². The molecular weight excluding hydrogens is 316 g/mol. The molecule has 2 aliphatic rings. The van der Waals surface area contributed by atoms with E-state index in [9.17, 15) is 9.59 Å². The first-order chi connectivity index (χ1) is 11.0. The van der Waals surface area contributed by atoms with Crippen LogP contribution in [0.4, 0.5) is 10.5 Å². The van der Waals surface area contributed by atoms with Crippen molar-refractivity contribution in [2.24, 2.45) is 0 Å². The number of hydrogen-bond donors (Lipinski definition) is 1. The predicted molar refractivity (Wildman–Crippen MR) is 89.8 cm³/mol. The second-order valence-corrected chi connectivity index (χ2v) is 6.56. The monoisotopic (exact) mass is 336 g/mol. The smallest absolute Gasteiger partial charge is 0.317 e. The van der Waals surface area contributed by atoms with Crippen LogP contribution >= 0.6 is 11.6 Å². The molecular formula is C16H21ClN4O2. The molecule has 0 spiro atoms. The maximum Gasteiger partial charge on any atom is 0.317 e. The van der Waals surface area contributed by atoms with Crippen molar-refractivity contribution < 1.29 is 9.59 Å². The van der Waals surface area contributed by atoms with Crippen molar-refractivity contribution in [2.75, 3.05) is 44.7 Å². The lowest BCUT2D eigenvalue weighted by molar-refractivity contribution is -0.117. The molecule has 2 heterocycles. The zero-order chi connectivity index (χ0) is 16.4. The molecule has 1 N–H and O–H groups in total. The van der Waals surface area contributed by atoms with Gasteiger partial charge in [-0.1, -0.05) is 11.6 Å². The molecule has 6 nitrogen and oxygen atoms in total. The van der Waals surface area contributed by atoms with Crippen LogP contribution < -0.4 is 10.2 Å². The van der Waals surface area contributed by atoms with Crippen LogP contribution in [0.25, 0.3) is 0 Å². The minimum absolute atomic E-state index is 0.0241. The number of rotatable bonds is 2.